The number of hydrogen-bond donors (Lipinski definition) is 0. The van der Waals surface area contributed by atoms with E-state index in [1.165, 1.54) is 0 Å². The number of aromatic nitrogens is 2. The Morgan fingerprint density at radius 2 is 1.20 bits per heavy atom. The predicted octanol–water partition coefficient (Wildman–Crippen LogP) is 10.2. The van der Waals surface area contributed by atoms with Gasteiger partial charge in [-0.05, 0) is 83.4 Å². The summed E-state index contributed by atoms with van der Waals surface area (Å²) < 4.78 is 4.32. The molecule has 0 fully saturated rings. The van der Waals surface area contributed by atoms with Gasteiger partial charge >= 0.3 is 0 Å². The van der Waals surface area contributed by atoms with Crippen molar-refractivity contribution in [3.05, 3.63) is 173 Å². The Kier molecular flexibility index (Phi) is 6.86. The van der Waals surface area contributed by atoms with Crippen LogP contribution in [0.4, 0.5) is 0 Å². The average Bonchev–Trinajstić information content (AvgIpc) is 3.57. The van der Waals surface area contributed by atoms with Gasteiger partial charge in [-0.2, -0.15) is 15.8 Å². The van der Waals surface area contributed by atoms with E-state index in [0.29, 0.717) is 16.7 Å². The highest BCUT2D eigenvalue weighted by Crippen LogP contribution is 2.39. The third kappa shape index (κ3) is 4.70. The third-order valence-corrected chi connectivity index (χ3v) is 9.70. The van der Waals surface area contributed by atoms with Crippen LogP contribution in [0.5, 0.6) is 0 Å². The number of allylic oxidation sites excluding steroid dienone is 4. The number of fused-ring (bicyclic) bond motifs is 6. The maximum atomic E-state index is 10.5. The van der Waals surface area contributed by atoms with E-state index in [9.17, 15) is 15.8 Å². The summed E-state index contributed by atoms with van der Waals surface area (Å²) in [7, 11) is 0. The van der Waals surface area contributed by atoms with Crippen molar-refractivity contribution in [3.8, 4) is 41.4 Å². The molecule has 0 aliphatic heterocycles. The first-order valence-electron chi connectivity index (χ1n) is 16.6. The molecule has 0 radical (unpaired) electrons. The van der Waals surface area contributed by atoms with Gasteiger partial charge in [0.25, 0.3) is 0 Å². The van der Waals surface area contributed by atoms with E-state index in [2.05, 4.69) is 93.8 Å². The van der Waals surface area contributed by atoms with Crippen LogP contribution < -0.4 is 0 Å². The summed E-state index contributed by atoms with van der Waals surface area (Å²) in [5, 5.41) is 34.8. The summed E-state index contributed by atoms with van der Waals surface area (Å²) in [4.78, 5) is 0. The molecule has 2 aromatic heterocycles. The molecular weight excluding hydrogens is 623 g/mol. The minimum Gasteiger partial charge on any atom is -0.309 e. The molecule has 1 aliphatic rings. The van der Waals surface area contributed by atoms with Crippen LogP contribution in [0.3, 0.4) is 0 Å². The van der Waals surface area contributed by atoms with Crippen molar-refractivity contribution in [1.82, 2.24) is 9.13 Å². The molecule has 2 heterocycles. The fourth-order valence-corrected chi connectivity index (χ4v) is 7.51. The molecule has 234 valence electrons. The van der Waals surface area contributed by atoms with Crippen LogP contribution in [0.2, 0.25) is 0 Å². The van der Waals surface area contributed by atoms with Gasteiger partial charge in [-0.1, -0.05) is 90.7 Å². The number of hydrogen-bond acceptors (Lipinski definition) is 3. The minimum atomic E-state index is -0.362. The number of para-hydroxylation sites is 4. The molecule has 0 saturated heterocycles. The van der Waals surface area contributed by atoms with Gasteiger partial charge in [0.1, 0.15) is 6.07 Å². The van der Waals surface area contributed by atoms with Gasteiger partial charge in [0.05, 0.1) is 62.5 Å². The molecule has 5 nitrogen and oxygen atoms in total. The molecule has 5 heteroatoms. The highest BCUT2D eigenvalue weighted by atomic mass is 15.0. The quantitative estimate of drug-likeness (QED) is 0.178. The Morgan fingerprint density at radius 3 is 1.86 bits per heavy atom. The predicted molar refractivity (Wildman–Crippen MR) is 203 cm³/mol. The first kappa shape index (κ1) is 29.6. The summed E-state index contributed by atoms with van der Waals surface area (Å²) in [5.41, 5.74) is 9.84. The van der Waals surface area contributed by atoms with Gasteiger partial charge < -0.3 is 9.13 Å². The monoisotopic (exact) mass is 647 g/mol. The Morgan fingerprint density at radius 1 is 0.549 bits per heavy atom. The van der Waals surface area contributed by atoms with Crippen molar-refractivity contribution in [3.63, 3.8) is 0 Å². The maximum absolute atomic E-state index is 10.5. The molecule has 1 atom stereocenters. The first-order chi connectivity index (χ1) is 25.2. The lowest BCUT2D eigenvalue weighted by molar-refractivity contribution is 1.05. The summed E-state index contributed by atoms with van der Waals surface area (Å²) in [6, 6.07) is 49.3. The molecule has 0 N–H and O–H groups in total. The van der Waals surface area contributed by atoms with E-state index in [-0.39, 0.29) is 5.92 Å². The number of rotatable bonds is 4. The van der Waals surface area contributed by atoms with Gasteiger partial charge in [-0.3, -0.25) is 0 Å². The van der Waals surface area contributed by atoms with Crippen molar-refractivity contribution in [2.75, 3.05) is 0 Å². The van der Waals surface area contributed by atoms with Crippen molar-refractivity contribution >= 4 is 49.2 Å². The van der Waals surface area contributed by atoms with Gasteiger partial charge in [-0.25, -0.2) is 0 Å². The van der Waals surface area contributed by atoms with Crippen LogP contribution in [-0.4, -0.2) is 9.13 Å². The van der Waals surface area contributed by atoms with Crippen LogP contribution in [-0.2, 0) is 0 Å². The Balaban J connectivity index is 1.25. The zero-order chi connectivity index (χ0) is 34.5. The lowest BCUT2D eigenvalue weighted by Gasteiger charge is -2.18. The average molecular weight is 648 g/mol. The van der Waals surface area contributed by atoms with Gasteiger partial charge in [0.2, 0.25) is 0 Å². The lowest BCUT2D eigenvalue weighted by atomic mass is 9.91. The van der Waals surface area contributed by atoms with Gasteiger partial charge in [0.15, 0.2) is 0 Å². The molecule has 1 aliphatic carbocycles. The summed E-state index contributed by atoms with van der Waals surface area (Å²) in [6.45, 7) is 0. The summed E-state index contributed by atoms with van der Waals surface area (Å²) in [5.74, 6) is 6.32. The number of nitriles is 3. The Hall–Kier alpha value is -7.57. The van der Waals surface area contributed by atoms with Crippen molar-refractivity contribution < 1.29 is 0 Å². The van der Waals surface area contributed by atoms with Crippen molar-refractivity contribution in [2.24, 2.45) is 0 Å². The second-order valence-corrected chi connectivity index (χ2v) is 12.5. The molecule has 8 aromatic rings. The summed E-state index contributed by atoms with van der Waals surface area (Å²) >= 11 is 0. The van der Waals surface area contributed by atoms with Crippen molar-refractivity contribution in [1.29, 1.82) is 15.8 Å². The van der Waals surface area contributed by atoms with Crippen LogP contribution >= 0.6 is 0 Å². The zero-order valence-corrected chi connectivity index (χ0v) is 27.2. The highest BCUT2D eigenvalue weighted by molar-refractivity contribution is 6.10. The normalized spacial score (nSPS) is 13.7. The molecule has 1 unspecified atom stereocenters. The molecule has 0 bridgehead atoms. The van der Waals surface area contributed by atoms with E-state index in [1.807, 2.05) is 91.0 Å². The Bertz CT molecular complexity index is 2970. The molecule has 9 rings (SSSR count). The fourth-order valence-electron chi connectivity index (χ4n) is 7.51. The molecule has 0 amide bonds. The largest absolute Gasteiger partial charge is 0.309 e. The van der Waals surface area contributed by atoms with Crippen LogP contribution in [0, 0.1) is 45.8 Å². The number of benzene rings is 6. The third-order valence-electron chi connectivity index (χ3n) is 9.70. The molecule has 0 spiro atoms. The van der Waals surface area contributed by atoms with E-state index < -0.39 is 0 Å². The van der Waals surface area contributed by atoms with E-state index in [1.54, 1.807) is 0 Å². The molecule has 51 heavy (non-hydrogen) atoms. The topological polar surface area (TPSA) is 81.2 Å². The van der Waals surface area contributed by atoms with E-state index in [4.69, 9.17) is 0 Å². The molecule has 0 saturated carbocycles. The smallest absolute Gasteiger partial charge is 0.101 e. The van der Waals surface area contributed by atoms with Crippen LogP contribution in [0.1, 0.15) is 33.7 Å². The lowest BCUT2D eigenvalue weighted by Crippen LogP contribution is -2.06. The van der Waals surface area contributed by atoms with E-state index >= 15 is 0 Å². The van der Waals surface area contributed by atoms with Crippen LogP contribution in [0.25, 0.3) is 60.6 Å². The SMILES string of the molecule is N#Cc1cc(C2=CC(c3cccc(C#N)c3-n3c4ccccc4c4ccccc43)C#CC=C2)cc(-n2c3ccccc3c3ccc(C#N)cc32)c1. The van der Waals surface area contributed by atoms with Gasteiger partial charge in [0, 0.05) is 27.2 Å². The van der Waals surface area contributed by atoms with Crippen LogP contribution in [0.15, 0.2) is 146 Å². The second kappa shape index (κ2) is 11.8. The second-order valence-electron chi connectivity index (χ2n) is 12.5. The number of nitrogens with zero attached hydrogens (tertiary/aromatic N) is 5. The van der Waals surface area contributed by atoms with E-state index in [0.717, 1.165) is 71.7 Å². The minimum absolute atomic E-state index is 0.362. The first-order valence-corrected chi connectivity index (χ1v) is 16.6. The van der Waals surface area contributed by atoms with Crippen molar-refractivity contribution in [2.45, 2.75) is 5.92 Å². The fraction of sp³-hybridized carbons (Fsp3) is 0.0217. The molecule has 6 aromatic carbocycles. The van der Waals surface area contributed by atoms with Gasteiger partial charge in [-0.15, -0.1) is 0 Å². The molecular formula is C46H25N5. The Labute approximate surface area is 294 Å². The highest BCUT2D eigenvalue weighted by Gasteiger charge is 2.22. The maximum Gasteiger partial charge on any atom is 0.101 e. The zero-order valence-electron chi connectivity index (χ0n) is 27.2. The summed E-state index contributed by atoms with van der Waals surface area (Å²) in [6.07, 6.45) is 5.96. The standard InChI is InChI=1S/C46H25N5/c47-27-30-20-21-41-40-15-3-6-17-42(40)50(45(41)24-30)36-23-31(28-48)22-35(26-36)32-10-1-2-11-33(25-32)37-16-9-12-34(29-49)46(37)51-43-18-7-4-13-38(43)39-14-5-8-19-44(39)51/h1,3-10,12-26,33H.